The molecule has 15 heavy (non-hydrogen) atoms. The zero-order chi connectivity index (χ0) is 11.1. The summed E-state index contributed by atoms with van der Waals surface area (Å²) in [6, 6.07) is 3.87. The zero-order valence-corrected chi connectivity index (χ0v) is 10.7. The van der Waals surface area contributed by atoms with Crippen LogP contribution >= 0.6 is 15.9 Å². The molecule has 0 bridgehead atoms. The van der Waals surface area contributed by atoms with Crippen LogP contribution in [0.3, 0.4) is 0 Å². The second kappa shape index (κ2) is 6.60. The van der Waals surface area contributed by atoms with Crippen LogP contribution < -0.4 is 0 Å². The molecule has 0 unspecified atom stereocenters. The lowest BCUT2D eigenvalue weighted by Crippen LogP contribution is -2.22. The summed E-state index contributed by atoms with van der Waals surface area (Å²) in [6.45, 7) is 7.20. The number of nitrogens with zero attached hydrogens (tertiary/aromatic N) is 2. The molecule has 0 saturated heterocycles. The van der Waals surface area contributed by atoms with Crippen LogP contribution in [-0.4, -0.2) is 29.5 Å². The standard InChI is InChI=1S/C12H15BrN2/c1-3-15(4-2)9-5-6-11-7-8-12(13)14-10-11/h7-8,10H,3-4,9H2,1-2H3. The first-order valence-electron chi connectivity index (χ1n) is 5.09. The first-order valence-corrected chi connectivity index (χ1v) is 5.88. The quantitative estimate of drug-likeness (QED) is 0.618. The highest BCUT2D eigenvalue weighted by Gasteiger charge is 1.93. The summed E-state index contributed by atoms with van der Waals surface area (Å²) < 4.78 is 0.844. The molecule has 2 nitrogen and oxygen atoms in total. The Hall–Kier alpha value is -0.850. The van der Waals surface area contributed by atoms with Gasteiger partial charge in [-0.25, -0.2) is 4.98 Å². The lowest BCUT2D eigenvalue weighted by Gasteiger charge is -2.13. The molecule has 0 saturated carbocycles. The Morgan fingerprint density at radius 3 is 2.60 bits per heavy atom. The molecule has 1 aromatic heterocycles. The molecule has 0 radical (unpaired) electrons. The van der Waals surface area contributed by atoms with Gasteiger partial charge in [-0.05, 0) is 41.2 Å². The fourth-order valence-electron chi connectivity index (χ4n) is 1.15. The molecular weight excluding hydrogens is 252 g/mol. The largest absolute Gasteiger partial charge is 0.293 e. The van der Waals surface area contributed by atoms with Crippen molar-refractivity contribution >= 4 is 15.9 Å². The Balaban J connectivity index is 2.54. The van der Waals surface area contributed by atoms with Crippen molar-refractivity contribution in [3.63, 3.8) is 0 Å². The van der Waals surface area contributed by atoms with E-state index in [1.54, 1.807) is 6.20 Å². The fraction of sp³-hybridized carbons (Fsp3) is 0.417. The smallest absolute Gasteiger partial charge is 0.106 e. The van der Waals surface area contributed by atoms with E-state index in [0.717, 1.165) is 29.8 Å². The summed E-state index contributed by atoms with van der Waals surface area (Å²) in [7, 11) is 0. The van der Waals surface area contributed by atoms with Gasteiger partial charge in [0, 0.05) is 11.8 Å². The lowest BCUT2D eigenvalue weighted by molar-refractivity contribution is 0.342. The van der Waals surface area contributed by atoms with Crippen molar-refractivity contribution in [2.24, 2.45) is 0 Å². The Labute approximate surface area is 99.8 Å². The van der Waals surface area contributed by atoms with Crippen LogP contribution in [-0.2, 0) is 0 Å². The Kier molecular flexibility index (Phi) is 5.38. The molecule has 0 atom stereocenters. The topological polar surface area (TPSA) is 16.1 Å². The first-order chi connectivity index (χ1) is 7.26. The van der Waals surface area contributed by atoms with E-state index in [0.29, 0.717) is 0 Å². The van der Waals surface area contributed by atoms with E-state index in [9.17, 15) is 0 Å². The normalized spacial score (nSPS) is 9.87. The van der Waals surface area contributed by atoms with E-state index in [-0.39, 0.29) is 0 Å². The minimum absolute atomic E-state index is 0.822. The van der Waals surface area contributed by atoms with Gasteiger partial charge < -0.3 is 0 Å². The highest BCUT2D eigenvalue weighted by atomic mass is 79.9. The lowest BCUT2D eigenvalue weighted by atomic mass is 10.3. The summed E-state index contributed by atoms with van der Waals surface area (Å²) in [5.74, 6) is 6.24. The van der Waals surface area contributed by atoms with Gasteiger partial charge in [0.1, 0.15) is 4.60 Å². The number of rotatable bonds is 3. The van der Waals surface area contributed by atoms with Crippen LogP contribution in [0.5, 0.6) is 0 Å². The van der Waals surface area contributed by atoms with Crippen molar-refractivity contribution in [1.29, 1.82) is 0 Å². The van der Waals surface area contributed by atoms with Crippen molar-refractivity contribution in [1.82, 2.24) is 9.88 Å². The van der Waals surface area contributed by atoms with Gasteiger partial charge in [0.25, 0.3) is 0 Å². The molecule has 0 amide bonds. The van der Waals surface area contributed by atoms with Crippen molar-refractivity contribution < 1.29 is 0 Å². The van der Waals surface area contributed by atoms with Gasteiger partial charge in [-0.1, -0.05) is 25.7 Å². The van der Waals surface area contributed by atoms with Crippen LogP contribution in [0.4, 0.5) is 0 Å². The van der Waals surface area contributed by atoms with Gasteiger partial charge in [0.05, 0.1) is 6.54 Å². The third-order valence-corrected chi connectivity index (χ3v) is 2.63. The van der Waals surface area contributed by atoms with Gasteiger partial charge >= 0.3 is 0 Å². The molecule has 1 heterocycles. The van der Waals surface area contributed by atoms with E-state index in [4.69, 9.17) is 0 Å². The second-order valence-corrected chi connectivity index (χ2v) is 3.95. The first kappa shape index (κ1) is 12.2. The van der Waals surface area contributed by atoms with Crippen molar-refractivity contribution in [3.05, 3.63) is 28.5 Å². The zero-order valence-electron chi connectivity index (χ0n) is 9.13. The highest BCUT2D eigenvalue weighted by molar-refractivity contribution is 9.10. The second-order valence-electron chi connectivity index (χ2n) is 3.13. The van der Waals surface area contributed by atoms with Crippen LogP contribution in [0.25, 0.3) is 0 Å². The molecule has 1 aromatic rings. The minimum atomic E-state index is 0.822. The van der Waals surface area contributed by atoms with Crippen LogP contribution in [0, 0.1) is 11.8 Å². The van der Waals surface area contributed by atoms with E-state index in [2.05, 4.69) is 51.5 Å². The maximum Gasteiger partial charge on any atom is 0.106 e. The van der Waals surface area contributed by atoms with Crippen molar-refractivity contribution in [3.8, 4) is 11.8 Å². The highest BCUT2D eigenvalue weighted by Crippen LogP contribution is 2.04. The number of aromatic nitrogens is 1. The summed E-state index contributed by atoms with van der Waals surface area (Å²) in [6.07, 6.45) is 1.78. The van der Waals surface area contributed by atoms with E-state index < -0.39 is 0 Å². The average Bonchev–Trinajstić information content (AvgIpc) is 2.27. The predicted molar refractivity (Wildman–Crippen MR) is 66.6 cm³/mol. The number of hydrogen-bond donors (Lipinski definition) is 0. The van der Waals surface area contributed by atoms with Gasteiger partial charge in [-0.15, -0.1) is 0 Å². The molecule has 80 valence electrons. The van der Waals surface area contributed by atoms with Gasteiger partial charge in [-0.3, -0.25) is 4.90 Å². The van der Waals surface area contributed by atoms with E-state index >= 15 is 0 Å². The molecule has 0 N–H and O–H groups in total. The summed E-state index contributed by atoms with van der Waals surface area (Å²) >= 11 is 3.29. The third kappa shape index (κ3) is 4.46. The maximum atomic E-state index is 4.12. The number of pyridine rings is 1. The van der Waals surface area contributed by atoms with E-state index in [1.807, 2.05) is 12.1 Å². The predicted octanol–water partition coefficient (Wildman–Crippen LogP) is 2.54. The van der Waals surface area contributed by atoms with Crippen LogP contribution in [0.15, 0.2) is 22.9 Å². The number of hydrogen-bond acceptors (Lipinski definition) is 2. The van der Waals surface area contributed by atoms with Crippen molar-refractivity contribution in [2.45, 2.75) is 13.8 Å². The molecule has 0 aliphatic rings. The molecule has 0 aliphatic heterocycles. The average molecular weight is 267 g/mol. The Bertz CT molecular complexity index is 344. The van der Waals surface area contributed by atoms with Gasteiger partial charge in [0.15, 0.2) is 0 Å². The molecule has 0 aliphatic carbocycles. The summed E-state index contributed by atoms with van der Waals surface area (Å²) in [4.78, 5) is 6.39. The van der Waals surface area contributed by atoms with Gasteiger partial charge in [-0.2, -0.15) is 0 Å². The monoisotopic (exact) mass is 266 g/mol. The van der Waals surface area contributed by atoms with Crippen LogP contribution in [0.1, 0.15) is 19.4 Å². The fourth-order valence-corrected chi connectivity index (χ4v) is 1.38. The summed E-state index contributed by atoms with van der Waals surface area (Å²) in [5, 5.41) is 0. The molecule has 1 rings (SSSR count). The molecule has 0 aromatic carbocycles. The molecular formula is C12H15BrN2. The third-order valence-electron chi connectivity index (χ3n) is 2.16. The van der Waals surface area contributed by atoms with Crippen molar-refractivity contribution in [2.75, 3.05) is 19.6 Å². The Morgan fingerprint density at radius 1 is 1.33 bits per heavy atom. The van der Waals surface area contributed by atoms with Gasteiger partial charge in [0.2, 0.25) is 0 Å². The molecule has 0 spiro atoms. The van der Waals surface area contributed by atoms with Crippen LogP contribution in [0.2, 0.25) is 0 Å². The SMILES string of the molecule is CCN(CC)CC#Cc1ccc(Br)nc1. The number of halogens is 1. The molecule has 3 heteroatoms. The maximum absolute atomic E-state index is 4.12. The Morgan fingerprint density at radius 2 is 2.07 bits per heavy atom. The minimum Gasteiger partial charge on any atom is -0.293 e. The summed E-state index contributed by atoms with van der Waals surface area (Å²) in [5.41, 5.74) is 0.963. The van der Waals surface area contributed by atoms with E-state index in [1.165, 1.54) is 0 Å². The molecule has 0 fully saturated rings.